The van der Waals surface area contributed by atoms with Crippen molar-refractivity contribution in [2.45, 2.75) is 36.5 Å². The topological polar surface area (TPSA) is 47.8 Å². The van der Waals surface area contributed by atoms with E-state index < -0.39 is 10.8 Å². The molecule has 1 aromatic carbocycles. The molecule has 6 heteroatoms. The summed E-state index contributed by atoms with van der Waals surface area (Å²) in [6.07, 6.45) is 3.19. The number of nitrogens with zero attached hydrogens (tertiary/aromatic N) is 3. The van der Waals surface area contributed by atoms with Crippen LogP contribution < -0.4 is 0 Å². The number of aromatic nitrogens is 3. The lowest BCUT2D eigenvalue weighted by Gasteiger charge is -2.14. The minimum atomic E-state index is -1.21. The van der Waals surface area contributed by atoms with Crippen LogP contribution in [0.4, 0.5) is 4.39 Å². The lowest BCUT2D eigenvalue weighted by Crippen LogP contribution is -2.14. The van der Waals surface area contributed by atoms with E-state index in [9.17, 15) is 8.60 Å². The molecule has 3 rings (SSSR count). The summed E-state index contributed by atoms with van der Waals surface area (Å²) in [5.74, 6) is 1.76. The zero-order chi connectivity index (χ0) is 13.2. The van der Waals surface area contributed by atoms with E-state index in [0.29, 0.717) is 10.6 Å². The van der Waals surface area contributed by atoms with E-state index in [2.05, 4.69) is 14.8 Å². The Hall–Kier alpha value is -1.56. The molecule has 0 aliphatic carbocycles. The summed E-state index contributed by atoms with van der Waals surface area (Å²) in [7, 11) is -1.21. The van der Waals surface area contributed by atoms with Gasteiger partial charge in [-0.2, -0.15) is 0 Å². The molecule has 1 aliphatic heterocycles. The van der Waals surface area contributed by atoms with Crippen LogP contribution in [0.3, 0.4) is 0 Å². The second kappa shape index (κ2) is 5.21. The summed E-state index contributed by atoms with van der Waals surface area (Å²) in [5.41, 5.74) is 0. The normalized spacial score (nSPS) is 16.1. The van der Waals surface area contributed by atoms with Gasteiger partial charge in [-0.05, 0) is 37.1 Å². The van der Waals surface area contributed by atoms with Crippen molar-refractivity contribution in [1.29, 1.82) is 0 Å². The maximum atomic E-state index is 12.8. The number of hydrogen-bond donors (Lipinski definition) is 0. The number of rotatable bonds is 3. The van der Waals surface area contributed by atoms with Crippen molar-refractivity contribution in [2.75, 3.05) is 0 Å². The summed E-state index contributed by atoms with van der Waals surface area (Å²) in [5, 5.41) is 8.26. The molecule has 1 atom stereocenters. The first-order chi connectivity index (χ1) is 9.24. The minimum absolute atomic E-state index is 0.319. The number of fused-ring (bicyclic) bond motifs is 1. The molecule has 2 heterocycles. The van der Waals surface area contributed by atoms with Gasteiger partial charge in [0.25, 0.3) is 0 Å². The van der Waals surface area contributed by atoms with Crippen molar-refractivity contribution in [3.63, 3.8) is 0 Å². The van der Waals surface area contributed by atoms with Crippen LogP contribution in [-0.2, 0) is 29.5 Å². The van der Waals surface area contributed by atoms with Gasteiger partial charge in [-0.3, -0.25) is 4.21 Å². The maximum Gasteiger partial charge on any atom is 0.146 e. The summed E-state index contributed by atoms with van der Waals surface area (Å²) in [6, 6.07) is 5.76. The highest BCUT2D eigenvalue weighted by Crippen LogP contribution is 2.17. The van der Waals surface area contributed by atoms with Gasteiger partial charge in [0.2, 0.25) is 0 Å². The van der Waals surface area contributed by atoms with Crippen LogP contribution in [0, 0.1) is 5.82 Å². The first kappa shape index (κ1) is 12.5. The minimum Gasteiger partial charge on any atom is -0.314 e. The summed E-state index contributed by atoms with van der Waals surface area (Å²) in [6.45, 7) is 0.901. The molecule has 1 unspecified atom stereocenters. The van der Waals surface area contributed by atoms with Gasteiger partial charge >= 0.3 is 0 Å². The highest BCUT2D eigenvalue weighted by atomic mass is 32.2. The van der Waals surface area contributed by atoms with Crippen molar-refractivity contribution >= 4 is 10.8 Å². The molecule has 100 valence electrons. The van der Waals surface area contributed by atoms with E-state index in [4.69, 9.17) is 0 Å². The van der Waals surface area contributed by atoms with Crippen LogP contribution in [0.1, 0.15) is 24.5 Å². The lowest BCUT2D eigenvalue weighted by atomic mass is 10.2. The van der Waals surface area contributed by atoms with Gasteiger partial charge in [-0.1, -0.05) is 0 Å². The molecule has 1 aromatic heterocycles. The smallest absolute Gasteiger partial charge is 0.146 e. The van der Waals surface area contributed by atoms with Crippen molar-refractivity contribution in [3.8, 4) is 0 Å². The molecule has 19 heavy (non-hydrogen) atoms. The molecule has 0 radical (unpaired) electrons. The van der Waals surface area contributed by atoms with E-state index in [1.54, 1.807) is 12.1 Å². The lowest BCUT2D eigenvalue weighted by molar-refractivity contribution is 0.512. The highest BCUT2D eigenvalue weighted by Gasteiger charge is 2.17. The Kier molecular flexibility index (Phi) is 3.42. The average Bonchev–Trinajstić information content (AvgIpc) is 2.83. The molecule has 4 nitrogen and oxygen atoms in total. The van der Waals surface area contributed by atoms with E-state index in [1.807, 2.05) is 0 Å². The van der Waals surface area contributed by atoms with Crippen LogP contribution in [0.15, 0.2) is 29.2 Å². The molecular weight excluding hydrogens is 265 g/mol. The molecule has 0 fully saturated rings. The largest absolute Gasteiger partial charge is 0.314 e. The van der Waals surface area contributed by atoms with Gasteiger partial charge < -0.3 is 4.57 Å². The first-order valence-corrected chi connectivity index (χ1v) is 7.61. The molecule has 0 saturated heterocycles. The van der Waals surface area contributed by atoms with E-state index >= 15 is 0 Å². The van der Waals surface area contributed by atoms with Crippen LogP contribution in [0.5, 0.6) is 0 Å². The third kappa shape index (κ3) is 2.58. The van der Waals surface area contributed by atoms with Gasteiger partial charge in [0.1, 0.15) is 17.5 Å². The molecule has 0 amide bonds. The quantitative estimate of drug-likeness (QED) is 0.864. The molecule has 0 bridgehead atoms. The molecule has 0 spiro atoms. The Bertz CT molecular complexity index is 609. The zero-order valence-electron chi connectivity index (χ0n) is 10.4. The number of benzene rings is 1. The standard InChI is InChI=1S/C13H14FN3OS/c14-10-4-6-11(7-5-10)19(18)9-13-16-15-12-3-1-2-8-17(12)13/h4-7H,1-3,8-9H2. The van der Waals surface area contributed by atoms with Crippen molar-refractivity contribution in [2.24, 2.45) is 0 Å². The molecule has 0 saturated carbocycles. The predicted molar refractivity (Wildman–Crippen MR) is 69.5 cm³/mol. The second-order valence-electron chi connectivity index (χ2n) is 4.58. The van der Waals surface area contributed by atoms with Crippen molar-refractivity contribution in [1.82, 2.24) is 14.8 Å². The Balaban J connectivity index is 1.79. The fourth-order valence-corrected chi connectivity index (χ4v) is 3.32. The first-order valence-electron chi connectivity index (χ1n) is 6.29. The van der Waals surface area contributed by atoms with Crippen LogP contribution in [-0.4, -0.2) is 19.0 Å². The Morgan fingerprint density at radius 3 is 2.79 bits per heavy atom. The third-order valence-electron chi connectivity index (χ3n) is 3.27. The van der Waals surface area contributed by atoms with E-state index in [1.165, 1.54) is 12.1 Å². The van der Waals surface area contributed by atoms with Gasteiger partial charge in [0, 0.05) is 17.9 Å². The number of aryl methyl sites for hydroxylation is 1. The monoisotopic (exact) mass is 279 g/mol. The van der Waals surface area contributed by atoms with Crippen LogP contribution >= 0.6 is 0 Å². The maximum absolute atomic E-state index is 12.8. The zero-order valence-corrected chi connectivity index (χ0v) is 11.2. The average molecular weight is 279 g/mol. The summed E-state index contributed by atoms with van der Waals surface area (Å²) < 4.78 is 27.1. The van der Waals surface area contributed by atoms with Crippen LogP contribution in [0.2, 0.25) is 0 Å². The van der Waals surface area contributed by atoms with Gasteiger partial charge in [-0.25, -0.2) is 4.39 Å². The Morgan fingerprint density at radius 2 is 2.00 bits per heavy atom. The third-order valence-corrected chi connectivity index (χ3v) is 4.59. The van der Waals surface area contributed by atoms with E-state index in [0.717, 1.165) is 37.5 Å². The molecular formula is C13H14FN3OS. The van der Waals surface area contributed by atoms with Crippen molar-refractivity contribution < 1.29 is 8.60 Å². The number of hydrogen-bond acceptors (Lipinski definition) is 3. The van der Waals surface area contributed by atoms with Gasteiger partial charge in [-0.15, -0.1) is 10.2 Å². The fraction of sp³-hybridized carbons (Fsp3) is 0.385. The Morgan fingerprint density at radius 1 is 1.21 bits per heavy atom. The van der Waals surface area contributed by atoms with E-state index in [-0.39, 0.29) is 5.82 Å². The second-order valence-corrected chi connectivity index (χ2v) is 6.04. The Labute approximate surface area is 113 Å². The van der Waals surface area contributed by atoms with Crippen molar-refractivity contribution in [3.05, 3.63) is 41.7 Å². The fourth-order valence-electron chi connectivity index (χ4n) is 2.26. The summed E-state index contributed by atoms with van der Waals surface area (Å²) >= 11 is 0. The highest BCUT2D eigenvalue weighted by molar-refractivity contribution is 7.84. The molecule has 1 aliphatic rings. The van der Waals surface area contributed by atoms with Crippen LogP contribution in [0.25, 0.3) is 0 Å². The molecule has 2 aromatic rings. The molecule has 0 N–H and O–H groups in total. The predicted octanol–water partition coefficient (Wildman–Crippen LogP) is 2.06. The summed E-state index contributed by atoms with van der Waals surface area (Å²) in [4.78, 5) is 0.620. The van der Waals surface area contributed by atoms with Gasteiger partial charge in [0.05, 0.1) is 16.6 Å². The van der Waals surface area contributed by atoms with Gasteiger partial charge in [0.15, 0.2) is 0 Å². The number of halogens is 1. The SMILES string of the molecule is O=S(Cc1nnc2n1CCCC2)c1ccc(F)cc1.